The third-order valence-corrected chi connectivity index (χ3v) is 2.96. The van der Waals surface area contributed by atoms with Gasteiger partial charge in [-0.1, -0.05) is 25.5 Å². The fourth-order valence-corrected chi connectivity index (χ4v) is 1.75. The number of aromatic nitrogens is 2. The highest BCUT2D eigenvalue weighted by atomic mass is 15.2. The molecule has 102 valence electrons. The molecule has 0 amide bonds. The number of rotatable bonds is 4. The van der Waals surface area contributed by atoms with Crippen molar-refractivity contribution in [3.05, 3.63) is 23.0 Å². The van der Waals surface area contributed by atoms with Gasteiger partial charge in [0.2, 0.25) is 0 Å². The maximum Gasteiger partial charge on any atom is 0.0665 e. The predicted molar refractivity (Wildman–Crippen MR) is 78.5 cm³/mol. The van der Waals surface area contributed by atoms with Gasteiger partial charge in [-0.3, -0.25) is 4.68 Å². The topological polar surface area (TPSA) is 29.9 Å². The lowest BCUT2D eigenvalue weighted by Gasteiger charge is -2.23. The van der Waals surface area contributed by atoms with Crippen LogP contribution >= 0.6 is 0 Å². The molecule has 0 unspecified atom stereocenters. The smallest absolute Gasteiger partial charge is 0.0665 e. The minimum atomic E-state index is 0.151. The second-order valence-electron chi connectivity index (χ2n) is 6.32. The molecule has 0 radical (unpaired) electrons. The van der Waals surface area contributed by atoms with E-state index in [0.29, 0.717) is 5.92 Å². The van der Waals surface area contributed by atoms with Gasteiger partial charge in [0.15, 0.2) is 0 Å². The van der Waals surface area contributed by atoms with Crippen molar-refractivity contribution in [1.82, 2.24) is 15.1 Å². The molecule has 0 aliphatic carbocycles. The van der Waals surface area contributed by atoms with E-state index in [0.717, 1.165) is 12.2 Å². The fourth-order valence-electron chi connectivity index (χ4n) is 1.75. The summed E-state index contributed by atoms with van der Waals surface area (Å²) in [7, 11) is 1.97. The standard InChI is InChI=1S/C15H27N3/c1-11(2)13(9-16-15(4,5)6)8-14-10-18(7)17-12(14)3/h8,10-11,16H,9H2,1-7H3. The molecular formula is C15H27N3. The average molecular weight is 249 g/mol. The Bertz CT molecular complexity index is 419. The molecule has 1 heterocycles. The monoisotopic (exact) mass is 249 g/mol. The summed E-state index contributed by atoms with van der Waals surface area (Å²) in [6, 6.07) is 0. The van der Waals surface area contributed by atoms with E-state index in [9.17, 15) is 0 Å². The van der Waals surface area contributed by atoms with Crippen LogP contribution in [0.15, 0.2) is 11.8 Å². The van der Waals surface area contributed by atoms with Crippen molar-refractivity contribution < 1.29 is 0 Å². The van der Waals surface area contributed by atoms with Gasteiger partial charge in [0.1, 0.15) is 0 Å². The summed E-state index contributed by atoms with van der Waals surface area (Å²) in [5.41, 5.74) is 3.88. The van der Waals surface area contributed by atoms with Gasteiger partial charge in [0.05, 0.1) is 5.69 Å². The minimum Gasteiger partial charge on any atom is -0.308 e. The zero-order chi connectivity index (χ0) is 13.9. The summed E-state index contributed by atoms with van der Waals surface area (Å²) < 4.78 is 1.87. The molecule has 1 rings (SSSR count). The zero-order valence-corrected chi connectivity index (χ0v) is 12.8. The molecule has 0 aromatic carbocycles. The Morgan fingerprint density at radius 1 is 1.44 bits per heavy atom. The first-order chi connectivity index (χ1) is 8.19. The number of hydrogen-bond acceptors (Lipinski definition) is 2. The van der Waals surface area contributed by atoms with Gasteiger partial charge in [-0.25, -0.2) is 0 Å². The molecule has 0 aliphatic heterocycles. The van der Waals surface area contributed by atoms with E-state index in [2.05, 4.69) is 64.2 Å². The maximum atomic E-state index is 4.38. The van der Waals surface area contributed by atoms with E-state index in [-0.39, 0.29) is 5.54 Å². The molecule has 0 bridgehead atoms. The number of hydrogen-bond donors (Lipinski definition) is 1. The van der Waals surface area contributed by atoms with E-state index in [1.165, 1.54) is 11.1 Å². The van der Waals surface area contributed by atoms with Crippen molar-refractivity contribution in [2.45, 2.75) is 47.1 Å². The molecule has 0 aliphatic rings. The molecule has 1 aromatic rings. The summed E-state index contributed by atoms with van der Waals surface area (Å²) in [6.45, 7) is 14.0. The van der Waals surface area contributed by atoms with Crippen LogP contribution < -0.4 is 5.32 Å². The molecule has 3 nitrogen and oxygen atoms in total. The molecule has 0 fully saturated rings. The average Bonchev–Trinajstić information content (AvgIpc) is 2.50. The molecular weight excluding hydrogens is 222 g/mol. The molecule has 1 N–H and O–H groups in total. The van der Waals surface area contributed by atoms with E-state index < -0.39 is 0 Å². The highest BCUT2D eigenvalue weighted by Crippen LogP contribution is 2.17. The Labute approximate surface area is 111 Å². The van der Waals surface area contributed by atoms with Gasteiger partial charge in [-0.2, -0.15) is 5.10 Å². The van der Waals surface area contributed by atoms with Gasteiger partial charge in [0.25, 0.3) is 0 Å². The van der Waals surface area contributed by atoms with Crippen molar-refractivity contribution in [1.29, 1.82) is 0 Å². The largest absolute Gasteiger partial charge is 0.308 e. The SMILES string of the molecule is Cc1nn(C)cc1C=C(CNC(C)(C)C)C(C)C. The third kappa shape index (κ3) is 4.65. The van der Waals surface area contributed by atoms with Crippen molar-refractivity contribution in [3.63, 3.8) is 0 Å². The van der Waals surface area contributed by atoms with Crippen molar-refractivity contribution in [2.24, 2.45) is 13.0 Å². The first kappa shape index (κ1) is 15.0. The van der Waals surface area contributed by atoms with E-state index in [1.54, 1.807) is 0 Å². The Morgan fingerprint density at radius 2 is 2.06 bits per heavy atom. The summed E-state index contributed by atoms with van der Waals surface area (Å²) in [5, 5.41) is 7.94. The predicted octanol–water partition coefficient (Wildman–Crippen LogP) is 3.16. The molecule has 0 atom stereocenters. The van der Waals surface area contributed by atoms with Crippen LogP contribution in [0.3, 0.4) is 0 Å². The first-order valence-corrected chi connectivity index (χ1v) is 6.65. The molecule has 18 heavy (non-hydrogen) atoms. The Balaban J connectivity index is 2.88. The van der Waals surface area contributed by atoms with Crippen molar-refractivity contribution >= 4 is 6.08 Å². The highest BCUT2D eigenvalue weighted by molar-refractivity contribution is 5.55. The Kier molecular flexibility index (Phi) is 4.74. The van der Waals surface area contributed by atoms with Crippen molar-refractivity contribution in [2.75, 3.05) is 6.54 Å². The van der Waals surface area contributed by atoms with Gasteiger partial charge >= 0.3 is 0 Å². The van der Waals surface area contributed by atoms with Gasteiger partial charge in [-0.15, -0.1) is 0 Å². The lowest BCUT2D eigenvalue weighted by molar-refractivity contribution is 0.437. The molecule has 1 aromatic heterocycles. The second-order valence-corrected chi connectivity index (χ2v) is 6.32. The number of nitrogens with zero attached hydrogens (tertiary/aromatic N) is 2. The van der Waals surface area contributed by atoms with Crippen LogP contribution in [-0.2, 0) is 7.05 Å². The van der Waals surface area contributed by atoms with Crippen LogP contribution in [-0.4, -0.2) is 21.9 Å². The second kappa shape index (κ2) is 5.70. The fraction of sp³-hybridized carbons (Fsp3) is 0.667. The summed E-state index contributed by atoms with van der Waals surface area (Å²) in [5.74, 6) is 0.541. The molecule has 0 saturated heterocycles. The quantitative estimate of drug-likeness (QED) is 0.888. The normalized spacial score (nSPS) is 13.4. The van der Waals surface area contributed by atoms with E-state index >= 15 is 0 Å². The van der Waals surface area contributed by atoms with Crippen molar-refractivity contribution in [3.8, 4) is 0 Å². The van der Waals surface area contributed by atoms with Crippen LogP contribution in [0.2, 0.25) is 0 Å². The van der Waals surface area contributed by atoms with E-state index in [1.807, 2.05) is 11.7 Å². The van der Waals surface area contributed by atoms with Crippen LogP contribution in [0.4, 0.5) is 0 Å². The highest BCUT2D eigenvalue weighted by Gasteiger charge is 2.12. The molecule has 3 heteroatoms. The summed E-state index contributed by atoms with van der Waals surface area (Å²) >= 11 is 0. The number of aryl methyl sites for hydroxylation is 2. The zero-order valence-electron chi connectivity index (χ0n) is 12.8. The minimum absolute atomic E-state index is 0.151. The Morgan fingerprint density at radius 3 is 2.44 bits per heavy atom. The third-order valence-electron chi connectivity index (χ3n) is 2.96. The van der Waals surface area contributed by atoms with Crippen LogP contribution in [0.25, 0.3) is 6.08 Å². The van der Waals surface area contributed by atoms with Gasteiger partial charge < -0.3 is 5.32 Å². The van der Waals surface area contributed by atoms with Crippen LogP contribution in [0, 0.1) is 12.8 Å². The van der Waals surface area contributed by atoms with Gasteiger partial charge in [0, 0.05) is 30.9 Å². The molecule has 0 saturated carbocycles. The summed E-state index contributed by atoms with van der Waals surface area (Å²) in [4.78, 5) is 0. The summed E-state index contributed by atoms with van der Waals surface area (Å²) in [6.07, 6.45) is 4.35. The van der Waals surface area contributed by atoms with E-state index in [4.69, 9.17) is 0 Å². The van der Waals surface area contributed by atoms with Crippen LogP contribution in [0.5, 0.6) is 0 Å². The lowest BCUT2D eigenvalue weighted by atomic mass is 9.99. The maximum absolute atomic E-state index is 4.38. The number of nitrogens with one attached hydrogen (secondary N) is 1. The molecule has 0 spiro atoms. The first-order valence-electron chi connectivity index (χ1n) is 6.65. The van der Waals surface area contributed by atoms with Gasteiger partial charge in [-0.05, 0) is 33.6 Å². The lowest BCUT2D eigenvalue weighted by Crippen LogP contribution is -2.37. The van der Waals surface area contributed by atoms with Crippen LogP contribution in [0.1, 0.15) is 45.9 Å². The Hall–Kier alpha value is -1.09.